The van der Waals surface area contributed by atoms with E-state index in [1.807, 2.05) is 13.8 Å². The van der Waals surface area contributed by atoms with Crippen LogP contribution < -0.4 is 0 Å². The largest absolute Gasteiger partial charge is 0.463 e. The highest BCUT2D eigenvalue weighted by Gasteiger charge is 2.02. The molecule has 0 spiro atoms. The number of esters is 1. The van der Waals surface area contributed by atoms with Crippen molar-refractivity contribution in [2.45, 2.75) is 91.1 Å². The molecular formula is C25H50O7. The van der Waals surface area contributed by atoms with Gasteiger partial charge in [-0.2, -0.15) is 0 Å². The standard InChI is InChI=1S/C25H50O7/c1-4-5-6-7-8-9-10-11-12-13-25(26)32-23-21-30-19-17-28-15-14-27-16-18-29-20-22-31-24(2)3/h24H,4-23H2,1-3H3. The zero-order valence-corrected chi connectivity index (χ0v) is 21.1. The SMILES string of the molecule is CCCCCCCCCCCC(=O)OCCOCCOCCOCCOCCOC(C)C. The Morgan fingerprint density at radius 2 is 0.969 bits per heavy atom. The van der Waals surface area contributed by atoms with Gasteiger partial charge >= 0.3 is 5.97 Å². The van der Waals surface area contributed by atoms with Crippen molar-refractivity contribution < 1.29 is 33.2 Å². The maximum absolute atomic E-state index is 11.7. The lowest BCUT2D eigenvalue weighted by atomic mass is 10.1. The molecule has 0 aromatic heterocycles. The second kappa shape index (κ2) is 26.5. The first-order chi connectivity index (χ1) is 15.7. The van der Waals surface area contributed by atoms with Gasteiger partial charge in [-0.1, -0.05) is 58.3 Å². The summed E-state index contributed by atoms with van der Waals surface area (Å²) < 4.78 is 32.2. The average molecular weight is 463 g/mol. The third-order valence-electron chi connectivity index (χ3n) is 4.77. The van der Waals surface area contributed by atoms with Crippen LogP contribution in [0.4, 0.5) is 0 Å². The van der Waals surface area contributed by atoms with Gasteiger partial charge in [-0.3, -0.25) is 4.79 Å². The Bertz CT molecular complexity index is 377. The minimum Gasteiger partial charge on any atom is -0.463 e. The van der Waals surface area contributed by atoms with Crippen molar-refractivity contribution in [2.75, 3.05) is 66.1 Å². The summed E-state index contributed by atoms with van der Waals surface area (Å²) in [7, 11) is 0. The highest BCUT2D eigenvalue weighted by molar-refractivity contribution is 5.69. The Morgan fingerprint density at radius 3 is 1.44 bits per heavy atom. The van der Waals surface area contributed by atoms with E-state index in [4.69, 9.17) is 28.4 Å². The molecule has 0 N–H and O–H groups in total. The molecule has 192 valence electrons. The number of carbonyl (C=O) groups excluding carboxylic acids is 1. The van der Waals surface area contributed by atoms with Crippen LogP contribution in [-0.2, 0) is 33.2 Å². The van der Waals surface area contributed by atoms with E-state index in [2.05, 4.69) is 6.92 Å². The van der Waals surface area contributed by atoms with Crippen molar-refractivity contribution in [3.63, 3.8) is 0 Å². The van der Waals surface area contributed by atoms with Crippen LogP contribution in [0.15, 0.2) is 0 Å². The molecule has 0 atom stereocenters. The van der Waals surface area contributed by atoms with Crippen molar-refractivity contribution in [1.29, 1.82) is 0 Å². The highest BCUT2D eigenvalue weighted by Crippen LogP contribution is 2.10. The summed E-state index contributed by atoms with van der Waals surface area (Å²) in [6.45, 7) is 11.3. The van der Waals surface area contributed by atoms with E-state index in [0.29, 0.717) is 72.5 Å². The second-order valence-electron chi connectivity index (χ2n) is 8.17. The monoisotopic (exact) mass is 462 g/mol. The molecule has 0 aliphatic carbocycles. The van der Waals surface area contributed by atoms with E-state index >= 15 is 0 Å². The van der Waals surface area contributed by atoms with Crippen molar-refractivity contribution in [3.05, 3.63) is 0 Å². The first-order valence-electron chi connectivity index (χ1n) is 12.7. The Kier molecular flexibility index (Phi) is 25.9. The smallest absolute Gasteiger partial charge is 0.305 e. The number of unbranched alkanes of at least 4 members (excludes halogenated alkanes) is 8. The molecule has 0 radical (unpaired) electrons. The van der Waals surface area contributed by atoms with Gasteiger partial charge in [0, 0.05) is 6.42 Å². The molecule has 0 bridgehead atoms. The summed E-state index contributed by atoms with van der Waals surface area (Å²) in [4.78, 5) is 11.7. The molecule has 7 heteroatoms. The summed E-state index contributed by atoms with van der Waals surface area (Å²) >= 11 is 0. The van der Waals surface area contributed by atoms with Crippen LogP contribution in [0.2, 0.25) is 0 Å². The predicted molar refractivity (Wildman–Crippen MR) is 127 cm³/mol. The summed E-state index contributed by atoms with van der Waals surface area (Å²) in [5.74, 6) is -0.124. The topological polar surface area (TPSA) is 72.5 Å². The summed E-state index contributed by atoms with van der Waals surface area (Å²) in [5, 5.41) is 0. The Morgan fingerprint density at radius 1 is 0.562 bits per heavy atom. The van der Waals surface area contributed by atoms with Crippen LogP contribution in [0, 0.1) is 0 Å². The van der Waals surface area contributed by atoms with Crippen molar-refractivity contribution in [2.24, 2.45) is 0 Å². The number of ether oxygens (including phenoxy) is 6. The molecule has 0 unspecified atom stereocenters. The molecule has 0 aromatic carbocycles. The Balaban J connectivity index is 3.14. The number of carbonyl (C=O) groups is 1. The normalized spacial score (nSPS) is 11.4. The number of hydrogen-bond acceptors (Lipinski definition) is 7. The van der Waals surface area contributed by atoms with Gasteiger partial charge in [0.05, 0.1) is 65.6 Å². The molecule has 0 fully saturated rings. The molecule has 0 aliphatic rings. The lowest BCUT2D eigenvalue weighted by Crippen LogP contribution is -2.15. The van der Waals surface area contributed by atoms with Gasteiger partial charge in [0.2, 0.25) is 0 Å². The highest BCUT2D eigenvalue weighted by atomic mass is 16.6. The zero-order chi connectivity index (χ0) is 23.5. The van der Waals surface area contributed by atoms with Crippen LogP contribution in [-0.4, -0.2) is 78.1 Å². The van der Waals surface area contributed by atoms with Gasteiger partial charge < -0.3 is 28.4 Å². The lowest BCUT2D eigenvalue weighted by Gasteiger charge is -2.09. The molecule has 0 aliphatic heterocycles. The molecule has 0 amide bonds. The number of rotatable bonds is 26. The fraction of sp³-hybridized carbons (Fsp3) is 0.960. The van der Waals surface area contributed by atoms with E-state index in [1.54, 1.807) is 0 Å². The van der Waals surface area contributed by atoms with E-state index in [0.717, 1.165) is 12.8 Å². The molecule has 7 nitrogen and oxygen atoms in total. The van der Waals surface area contributed by atoms with Crippen molar-refractivity contribution in [3.8, 4) is 0 Å². The molecular weight excluding hydrogens is 412 g/mol. The lowest BCUT2D eigenvalue weighted by molar-refractivity contribution is -0.145. The van der Waals surface area contributed by atoms with E-state index in [9.17, 15) is 4.79 Å². The van der Waals surface area contributed by atoms with Gasteiger partial charge in [0.15, 0.2) is 0 Å². The average Bonchev–Trinajstić information content (AvgIpc) is 2.77. The molecule has 0 saturated heterocycles. The quantitative estimate of drug-likeness (QED) is 0.133. The third-order valence-corrected chi connectivity index (χ3v) is 4.77. The van der Waals surface area contributed by atoms with Crippen LogP contribution in [0.25, 0.3) is 0 Å². The summed E-state index contributed by atoms with van der Waals surface area (Å²) in [6, 6.07) is 0. The summed E-state index contributed by atoms with van der Waals surface area (Å²) in [6.07, 6.45) is 11.9. The van der Waals surface area contributed by atoms with Crippen LogP contribution in [0.5, 0.6) is 0 Å². The minimum absolute atomic E-state index is 0.124. The van der Waals surface area contributed by atoms with Crippen LogP contribution in [0.1, 0.15) is 85.0 Å². The fourth-order valence-corrected chi connectivity index (χ4v) is 2.97. The van der Waals surface area contributed by atoms with Gasteiger partial charge in [-0.25, -0.2) is 0 Å². The molecule has 0 aromatic rings. The van der Waals surface area contributed by atoms with Crippen LogP contribution in [0.3, 0.4) is 0 Å². The summed E-state index contributed by atoms with van der Waals surface area (Å²) in [5.41, 5.74) is 0. The fourth-order valence-electron chi connectivity index (χ4n) is 2.97. The van der Waals surface area contributed by atoms with Crippen LogP contribution >= 0.6 is 0 Å². The predicted octanol–water partition coefficient (Wildman–Crippen LogP) is 4.94. The zero-order valence-electron chi connectivity index (χ0n) is 21.1. The maximum Gasteiger partial charge on any atom is 0.305 e. The molecule has 0 saturated carbocycles. The third kappa shape index (κ3) is 27.3. The van der Waals surface area contributed by atoms with E-state index < -0.39 is 0 Å². The second-order valence-corrected chi connectivity index (χ2v) is 8.17. The molecule has 0 heterocycles. The van der Waals surface area contributed by atoms with Crippen molar-refractivity contribution >= 4 is 5.97 Å². The van der Waals surface area contributed by atoms with Gasteiger partial charge in [-0.05, 0) is 20.3 Å². The molecule has 32 heavy (non-hydrogen) atoms. The van der Waals surface area contributed by atoms with Gasteiger partial charge in [0.25, 0.3) is 0 Å². The maximum atomic E-state index is 11.7. The minimum atomic E-state index is -0.124. The van der Waals surface area contributed by atoms with Gasteiger partial charge in [-0.15, -0.1) is 0 Å². The van der Waals surface area contributed by atoms with Gasteiger partial charge in [0.1, 0.15) is 6.61 Å². The first-order valence-corrected chi connectivity index (χ1v) is 12.7. The van der Waals surface area contributed by atoms with Crippen molar-refractivity contribution in [1.82, 2.24) is 0 Å². The first kappa shape index (κ1) is 31.3. The molecule has 0 rings (SSSR count). The van der Waals surface area contributed by atoms with E-state index in [-0.39, 0.29) is 12.1 Å². The Labute approximate surface area is 196 Å². The number of hydrogen-bond donors (Lipinski definition) is 0. The Hall–Kier alpha value is -0.730. The van der Waals surface area contributed by atoms with E-state index in [1.165, 1.54) is 44.9 Å².